The number of hydrogen-bond donors (Lipinski definition) is 0. The lowest BCUT2D eigenvalue weighted by atomic mass is 9.43. The summed E-state index contributed by atoms with van der Waals surface area (Å²) in [5.74, 6) is 0. The Labute approximate surface area is 379 Å². The van der Waals surface area contributed by atoms with Crippen LogP contribution in [0.2, 0.25) is 0 Å². The van der Waals surface area contributed by atoms with E-state index in [1.807, 2.05) is 11.3 Å². The van der Waals surface area contributed by atoms with Crippen LogP contribution in [0.1, 0.15) is 110 Å². The van der Waals surface area contributed by atoms with Crippen molar-refractivity contribution in [1.29, 1.82) is 0 Å². The fraction of sp³-hybridized carbons (Fsp3) is 0.288. The molecule has 0 saturated carbocycles. The van der Waals surface area contributed by atoms with Crippen LogP contribution in [0.15, 0.2) is 133 Å². The Balaban J connectivity index is 1.30. The summed E-state index contributed by atoms with van der Waals surface area (Å²) in [6.45, 7) is 26.1. The highest BCUT2D eigenvalue weighted by Gasteiger charge is 2.48. The molecule has 1 aliphatic carbocycles. The van der Waals surface area contributed by atoms with Crippen molar-refractivity contribution in [2.24, 2.45) is 0 Å². The molecule has 0 saturated heterocycles. The van der Waals surface area contributed by atoms with E-state index < -0.39 is 0 Å². The van der Waals surface area contributed by atoms with Crippen LogP contribution >= 0.6 is 11.3 Å². The first kappa shape index (κ1) is 40.2. The Bertz CT molecular complexity index is 3160. The maximum absolute atomic E-state index is 2.73. The van der Waals surface area contributed by atoms with E-state index in [-0.39, 0.29) is 28.5 Å². The zero-order chi connectivity index (χ0) is 44.0. The number of aryl methyl sites for hydroxylation is 1. The third kappa shape index (κ3) is 6.18. The molecule has 63 heavy (non-hydrogen) atoms. The van der Waals surface area contributed by atoms with E-state index in [1.54, 1.807) is 0 Å². The van der Waals surface area contributed by atoms with E-state index in [0.29, 0.717) is 0 Å². The van der Waals surface area contributed by atoms with Crippen LogP contribution in [-0.2, 0) is 21.7 Å². The second kappa shape index (κ2) is 13.7. The van der Waals surface area contributed by atoms with E-state index in [1.165, 1.54) is 122 Å². The topological polar surface area (TPSA) is 6.48 Å². The van der Waals surface area contributed by atoms with E-state index in [4.69, 9.17) is 0 Å². The molecule has 0 atom stereocenters. The molecule has 7 aromatic carbocycles. The Kier molecular flexibility index (Phi) is 8.75. The second-order valence-electron chi connectivity index (χ2n) is 22.2. The standard InChI is InChI=1S/C59H59BN2S/c1-36-31-44-43-34-45-46(59(10,11)30-29-58(45,8)9)35-49(43)62(40-24-21-38(22-25-40)56(2,3)4)60-47-26-28-52-53(41-19-15-16-20-51(41)63-52)55(47)61(50(32-36)54(44)60)48-27-23-39(57(5,6)7)33-42(48)37-17-13-12-14-18-37/h12-28,31-35H,29-30H2,1-11H3. The quantitative estimate of drug-likeness (QED) is 0.164. The number of benzene rings is 7. The molecule has 4 heteroatoms. The highest BCUT2D eigenvalue weighted by atomic mass is 32.1. The van der Waals surface area contributed by atoms with E-state index in [0.717, 1.165) is 0 Å². The van der Waals surface area contributed by atoms with Crippen molar-refractivity contribution in [3.63, 3.8) is 0 Å². The second-order valence-corrected chi connectivity index (χ2v) is 23.2. The number of thiophene rings is 1. The van der Waals surface area contributed by atoms with Gasteiger partial charge in [0.2, 0.25) is 0 Å². The van der Waals surface area contributed by atoms with Gasteiger partial charge in [0.15, 0.2) is 0 Å². The van der Waals surface area contributed by atoms with Gasteiger partial charge >= 0.3 is 6.85 Å². The molecule has 0 fully saturated rings. The summed E-state index contributed by atoms with van der Waals surface area (Å²) in [7, 11) is 0. The number of hydrogen-bond acceptors (Lipinski definition) is 3. The van der Waals surface area contributed by atoms with Gasteiger partial charge in [-0.2, -0.15) is 0 Å². The van der Waals surface area contributed by atoms with Crippen LogP contribution in [0.3, 0.4) is 0 Å². The Morgan fingerprint density at radius 2 is 1.21 bits per heavy atom. The molecule has 0 amide bonds. The fourth-order valence-electron chi connectivity index (χ4n) is 11.2. The number of rotatable bonds is 3. The molecule has 2 aliphatic heterocycles. The minimum absolute atomic E-state index is 0.0134. The van der Waals surface area contributed by atoms with Crippen molar-refractivity contribution in [3.8, 4) is 22.3 Å². The maximum atomic E-state index is 2.73. The van der Waals surface area contributed by atoms with Gasteiger partial charge < -0.3 is 9.71 Å². The molecule has 8 aromatic rings. The van der Waals surface area contributed by atoms with Crippen LogP contribution < -0.4 is 20.6 Å². The van der Waals surface area contributed by atoms with Crippen molar-refractivity contribution < 1.29 is 0 Å². The SMILES string of the molecule is Cc1cc2c3c(c1)N(c1ccc(C(C)(C)C)cc1-c1ccccc1)c1c(ccc4sc5ccccc5c14)B3N(c1ccc(C(C)(C)C)cc1)c1cc3c(cc1-2)C(C)(C)CCC3(C)C. The summed E-state index contributed by atoms with van der Waals surface area (Å²) in [6.07, 6.45) is 2.35. The summed E-state index contributed by atoms with van der Waals surface area (Å²) < 4.78 is 2.64. The summed E-state index contributed by atoms with van der Waals surface area (Å²) in [6, 6.07) is 52.1. The van der Waals surface area contributed by atoms with Crippen molar-refractivity contribution in [2.75, 3.05) is 9.71 Å². The van der Waals surface area contributed by atoms with E-state index in [2.05, 4.69) is 219 Å². The maximum Gasteiger partial charge on any atom is 0.333 e. The number of fused-ring (bicyclic) bond motifs is 9. The van der Waals surface area contributed by atoms with Gasteiger partial charge in [0, 0.05) is 48.4 Å². The first-order valence-corrected chi connectivity index (χ1v) is 23.9. The summed E-state index contributed by atoms with van der Waals surface area (Å²) >= 11 is 1.91. The lowest BCUT2D eigenvalue weighted by Gasteiger charge is -2.48. The average molecular weight is 839 g/mol. The van der Waals surface area contributed by atoms with Gasteiger partial charge in [-0.1, -0.05) is 148 Å². The first-order chi connectivity index (χ1) is 29.9. The van der Waals surface area contributed by atoms with E-state index in [9.17, 15) is 0 Å². The summed E-state index contributed by atoms with van der Waals surface area (Å²) in [5, 5.41) is 2.65. The van der Waals surface area contributed by atoms with Gasteiger partial charge in [-0.3, -0.25) is 0 Å². The van der Waals surface area contributed by atoms with Gasteiger partial charge in [0.1, 0.15) is 0 Å². The van der Waals surface area contributed by atoms with Crippen LogP contribution in [-0.4, -0.2) is 6.85 Å². The summed E-state index contributed by atoms with van der Waals surface area (Å²) in [4.78, 5) is 5.42. The lowest BCUT2D eigenvalue weighted by Crippen LogP contribution is -2.61. The molecule has 11 rings (SSSR count). The normalized spacial score (nSPS) is 16.2. The molecule has 3 aliphatic rings. The average Bonchev–Trinajstić information content (AvgIpc) is 3.64. The van der Waals surface area contributed by atoms with Gasteiger partial charge in [-0.05, 0) is 146 Å². The van der Waals surface area contributed by atoms with Crippen LogP contribution in [0.25, 0.3) is 42.4 Å². The fourth-order valence-corrected chi connectivity index (χ4v) is 12.3. The van der Waals surface area contributed by atoms with Gasteiger partial charge in [-0.25, -0.2) is 0 Å². The largest absolute Gasteiger partial charge is 0.376 e. The zero-order valence-corrected chi connectivity index (χ0v) is 39.8. The smallest absolute Gasteiger partial charge is 0.333 e. The molecule has 314 valence electrons. The van der Waals surface area contributed by atoms with Gasteiger partial charge in [-0.15, -0.1) is 11.3 Å². The van der Waals surface area contributed by atoms with Crippen LogP contribution in [0, 0.1) is 6.92 Å². The first-order valence-electron chi connectivity index (χ1n) is 23.1. The zero-order valence-electron chi connectivity index (χ0n) is 39.0. The molecule has 0 unspecified atom stereocenters. The monoisotopic (exact) mass is 838 g/mol. The number of nitrogens with zero attached hydrogens (tertiary/aromatic N) is 2. The molecule has 0 radical (unpaired) electrons. The predicted octanol–water partition coefficient (Wildman–Crippen LogP) is 15.7. The third-order valence-electron chi connectivity index (χ3n) is 14.9. The molecular weight excluding hydrogens is 780 g/mol. The Morgan fingerprint density at radius 3 is 1.90 bits per heavy atom. The number of anilines is 5. The van der Waals surface area contributed by atoms with Crippen LogP contribution in [0.4, 0.5) is 28.4 Å². The van der Waals surface area contributed by atoms with E-state index >= 15 is 0 Å². The minimum Gasteiger partial charge on any atom is -0.376 e. The molecule has 0 N–H and O–H groups in total. The third-order valence-corrected chi connectivity index (χ3v) is 16.0. The van der Waals surface area contributed by atoms with Crippen molar-refractivity contribution >= 4 is 77.7 Å². The molecule has 1 aromatic heterocycles. The van der Waals surface area contributed by atoms with Gasteiger partial charge in [0.25, 0.3) is 0 Å². The molecule has 2 nitrogen and oxygen atoms in total. The molecular formula is C59H59BN2S. The minimum atomic E-state index is -0.0651. The summed E-state index contributed by atoms with van der Waals surface area (Å²) in [5.41, 5.74) is 21.3. The molecule has 0 spiro atoms. The Hall–Kier alpha value is -5.58. The lowest BCUT2D eigenvalue weighted by molar-refractivity contribution is 0.332. The van der Waals surface area contributed by atoms with Gasteiger partial charge in [0.05, 0.1) is 11.4 Å². The van der Waals surface area contributed by atoms with Crippen LogP contribution in [0.5, 0.6) is 0 Å². The molecule has 0 bridgehead atoms. The van der Waals surface area contributed by atoms with Crippen molar-refractivity contribution in [3.05, 3.63) is 161 Å². The highest BCUT2D eigenvalue weighted by Crippen LogP contribution is 2.55. The van der Waals surface area contributed by atoms with Crippen molar-refractivity contribution in [1.82, 2.24) is 0 Å². The Morgan fingerprint density at radius 1 is 0.556 bits per heavy atom. The molecule has 3 heterocycles. The highest BCUT2D eigenvalue weighted by molar-refractivity contribution is 7.26. The van der Waals surface area contributed by atoms with Crippen molar-refractivity contribution in [2.45, 2.75) is 111 Å². The predicted molar refractivity (Wildman–Crippen MR) is 276 cm³/mol.